The number of methoxy groups -OCH3 is 2. The molecule has 4 N–H and O–H groups in total. The highest BCUT2D eigenvalue weighted by Gasteiger charge is 2.15. The fourth-order valence-electron chi connectivity index (χ4n) is 2.02. The maximum Gasteiger partial charge on any atom is 0.358 e. The molecule has 10 nitrogen and oxygen atoms in total. The number of phenolic OH excluding ortho intramolecular Hbond substituents is 1. The number of guanidine groups is 1. The second-order valence-corrected chi connectivity index (χ2v) is 6.99. The highest BCUT2D eigenvalue weighted by molar-refractivity contribution is 7.86. The lowest BCUT2D eigenvalue weighted by molar-refractivity contribution is 0.336. The Labute approximate surface area is 162 Å². The monoisotopic (exact) mass is 408 g/mol. The normalized spacial score (nSPS) is 12.0. The number of nitrogens with zero attached hydrogens (tertiary/aromatic N) is 2. The number of hydrogen-bond acceptors (Lipinski definition) is 8. The van der Waals surface area contributed by atoms with Crippen LogP contribution in [0.1, 0.15) is 11.1 Å². The van der Waals surface area contributed by atoms with Gasteiger partial charge in [0.05, 0.1) is 20.4 Å². The van der Waals surface area contributed by atoms with Crippen molar-refractivity contribution >= 4 is 22.3 Å². The molecule has 2 rings (SSSR count). The maximum absolute atomic E-state index is 12.0. The zero-order valence-corrected chi connectivity index (χ0v) is 16.2. The lowest BCUT2D eigenvalue weighted by Crippen LogP contribution is -2.28. The Balaban J connectivity index is 2.05. The topological polar surface area (TPSA) is 145 Å². The molecule has 0 atom stereocenters. The quantitative estimate of drug-likeness (QED) is 0.353. The summed E-state index contributed by atoms with van der Waals surface area (Å²) in [6.45, 7) is 1.83. The molecular weight excluding hydrogens is 388 g/mol. The van der Waals surface area contributed by atoms with E-state index in [1.807, 2.05) is 6.92 Å². The molecule has 0 spiro atoms. The Morgan fingerprint density at radius 2 is 1.71 bits per heavy atom. The molecule has 0 aliphatic rings. The fraction of sp³-hybridized carbons (Fsp3) is 0.176. The van der Waals surface area contributed by atoms with Crippen LogP contribution in [0.5, 0.6) is 17.2 Å². The zero-order valence-electron chi connectivity index (χ0n) is 15.4. The highest BCUT2D eigenvalue weighted by Crippen LogP contribution is 2.36. The standard InChI is InChI=1S/C17H20N4O6S/c1-11-4-6-13(7-5-11)28(23,24)27-21-17(18)20-19-10-12-8-14(25-2)16(22)15(9-12)26-3/h4-10,22H,1-3H3,(H3,18,20,21). The van der Waals surface area contributed by atoms with E-state index < -0.39 is 10.1 Å². The molecule has 2 aromatic rings. The zero-order chi connectivity index (χ0) is 20.7. The van der Waals surface area contributed by atoms with Crippen molar-refractivity contribution in [2.75, 3.05) is 14.2 Å². The molecule has 0 bridgehead atoms. The fourth-order valence-corrected chi connectivity index (χ4v) is 2.75. The molecule has 0 heterocycles. The van der Waals surface area contributed by atoms with E-state index >= 15 is 0 Å². The van der Waals surface area contributed by atoms with Gasteiger partial charge >= 0.3 is 10.1 Å². The van der Waals surface area contributed by atoms with Gasteiger partial charge in [-0.05, 0) is 36.3 Å². The molecule has 0 unspecified atom stereocenters. The molecule has 0 aliphatic carbocycles. The van der Waals surface area contributed by atoms with E-state index in [1.54, 1.807) is 12.1 Å². The van der Waals surface area contributed by atoms with Gasteiger partial charge < -0.3 is 20.3 Å². The van der Waals surface area contributed by atoms with Gasteiger partial charge in [0, 0.05) is 5.56 Å². The number of phenols is 1. The summed E-state index contributed by atoms with van der Waals surface area (Å²) < 4.78 is 38.6. The number of aromatic hydroxyl groups is 1. The number of aryl methyl sites for hydroxylation is 1. The minimum atomic E-state index is -4.09. The second-order valence-electron chi connectivity index (χ2n) is 5.46. The van der Waals surface area contributed by atoms with E-state index in [1.165, 1.54) is 44.7 Å². The lowest BCUT2D eigenvalue weighted by Gasteiger charge is -2.09. The minimum Gasteiger partial charge on any atom is -0.502 e. The van der Waals surface area contributed by atoms with Crippen LogP contribution < -0.4 is 20.6 Å². The third-order valence-electron chi connectivity index (χ3n) is 3.44. The first-order chi connectivity index (χ1) is 13.3. The first kappa shape index (κ1) is 20.8. The number of nitrogens with two attached hydrogens (primary N) is 1. The molecule has 28 heavy (non-hydrogen) atoms. The van der Waals surface area contributed by atoms with Crippen LogP contribution in [-0.4, -0.2) is 39.9 Å². The summed E-state index contributed by atoms with van der Waals surface area (Å²) in [5, 5.41) is 17.0. The lowest BCUT2D eigenvalue weighted by atomic mass is 10.2. The number of ether oxygens (including phenoxy) is 2. The van der Waals surface area contributed by atoms with E-state index in [-0.39, 0.29) is 28.1 Å². The van der Waals surface area contributed by atoms with Gasteiger partial charge in [0.1, 0.15) is 4.90 Å². The summed E-state index contributed by atoms with van der Waals surface area (Å²) in [6, 6.07) is 9.07. The number of hydrazone groups is 1. The Hall–Kier alpha value is -3.47. The van der Waals surface area contributed by atoms with Crippen LogP contribution in [0.4, 0.5) is 0 Å². The SMILES string of the molecule is COc1cc(C=NNC(N)=NOS(=O)(=O)c2ccc(C)cc2)cc(OC)c1O. The van der Waals surface area contributed by atoms with Gasteiger partial charge in [0.15, 0.2) is 11.5 Å². The first-order valence-corrected chi connectivity index (χ1v) is 9.25. The molecule has 0 fully saturated rings. The van der Waals surface area contributed by atoms with Crippen LogP contribution in [0.25, 0.3) is 0 Å². The van der Waals surface area contributed by atoms with Crippen molar-refractivity contribution < 1.29 is 27.3 Å². The number of nitrogens with one attached hydrogen (secondary N) is 1. The Bertz CT molecular complexity index is 962. The van der Waals surface area contributed by atoms with E-state index in [9.17, 15) is 13.5 Å². The van der Waals surface area contributed by atoms with Gasteiger partial charge in [-0.1, -0.05) is 17.7 Å². The van der Waals surface area contributed by atoms with Crippen molar-refractivity contribution in [3.8, 4) is 17.2 Å². The van der Waals surface area contributed by atoms with E-state index in [0.29, 0.717) is 5.56 Å². The van der Waals surface area contributed by atoms with Gasteiger partial charge in [0.2, 0.25) is 5.75 Å². The van der Waals surface area contributed by atoms with Gasteiger partial charge in [-0.3, -0.25) is 4.28 Å². The van der Waals surface area contributed by atoms with Gasteiger partial charge in [0.25, 0.3) is 5.96 Å². The van der Waals surface area contributed by atoms with Crippen molar-refractivity contribution in [3.05, 3.63) is 47.5 Å². The van der Waals surface area contributed by atoms with Gasteiger partial charge in [-0.15, -0.1) is 0 Å². The molecule has 0 saturated heterocycles. The number of oxime groups is 1. The second kappa shape index (κ2) is 8.95. The third-order valence-corrected chi connectivity index (χ3v) is 4.56. The Morgan fingerprint density at radius 3 is 2.25 bits per heavy atom. The molecule has 150 valence electrons. The summed E-state index contributed by atoms with van der Waals surface area (Å²) in [4.78, 5) is -0.0542. The number of rotatable bonds is 7. The molecule has 0 saturated carbocycles. The minimum absolute atomic E-state index is 0.0542. The van der Waals surface area contributed by atoms with E-state index in [4.69, 9.17) is 15.2 Å². The van der Waals surface area contributed by atoms with Crippen molar-refractivity contribution in [2.45, 2.75) is 11.8 Å². The maximum atomic E-state index is 12.0. The van der Waals surface area contributed by atoms with Gasteiger partial charge in [-0.2, -0.15) is 13.5 Å². The number of hydrogen-bond donors (Lipinski definition) is 3. The molecule has 0 amide bonds. The summed E-state index contributed by atoms with van der Waals surface area (Å²) >= 11 is 0. The molecule has 0 aromatic heterocycles. The van der Waals surface area contributed by atoms with Crippen molar-refractivity contribution in [2.24, 2.45) is 16.0 Å². The Kier molecular flexibility index (Phi) is 6.66. The average molecular weight is 408 g/mol. The van der Waals surface area contributed by atoms with E-state index in [2.05, 4.69) is 20.0 Å². The smallest absolute Gasteiger partial charge is 0.358 e. The summed E-state index contributed by atoms with van der Waals surface area (Å²) in [5.74, 6) is -0.152. The largest absolute Gasteiger partial charge is 0.502 e. The van der Waals surface area contributed by atoms with Gasteiger partial charge in [-0.25, -0.2) is 5.43 Å². The number of benzene rings is 2. The van der Waals surface area contributed by atoms with Crippen molar-refractivity contribution in [3.63, 3.8) is 0 Å². The predicted octanol–water partition coefficient (Wildman–Crippen LogP) is 1.28. The molecule has 0 aliphatic heterocycles. The summed E-state index contributed by atoms with van der Waals surface area (Å²) in [7, 11) is -1.31. The van der Waals surface area contributed by atoms with Crippen LogP contribution in [-0.2, 0) is 14.4 Å². The average Bonchev–Trinajstić information content (AvgIpc) is 2.67. The molecule has 0 radical (unpaired) electrons. The molecular formula is C17H20N4O6S. The Morgan fingerprint density at radius 1 is 1.14 bits per heavy atom. The predicted molar refractivity (Wildman–Crippen MR) is 103 cm³/mol. The van der Waals surface area contributed by atoms with Crippen molar-refractivity contribution in [1.82, 2.24) is 5.43 Å². The van der Waals surface area contributed by atoms with Crippen molar-refractivity contribution in [1.29, 1.82) is 0 Å². The first-order valence-electron chi connectivity index (χ1n) is 7.84. The summed E-state index contributed by atoms with van der Waals surface area (Å²) in [6.07, 6.45) is 1.33. The van der Waals surface area contributed by atoms with Crippen LogP contribution in [0.3, 0.4) is 0 Å². The van der Waals surface area contributed by atoms with Crippen LogP contribution in [0, 0.1) is 6.92 Å². The highest BCUT2D eigenvalue weighted by atomic mass is 32.2. The van der Waals surface area contributed by atoms with Crippen LogP contribution >= 0.6 is 0 Å². The third kappa shape index (κ3) is 5.27. The van der Waals surface area contributed by atoms with Crippen LogP contribution in [0.2, 0.25) is 0 Å². The van der Waals surface area contributed by atoms with E-state index in [0.717, 1.165) is 5.56 Å². The summed E-state index contributed by atoms with van der Waals surface area (Å²) in [5.41, 5.74) is 9.26. The molecule has 11 heteroatoms. The molecule has 2 aromatic carbocycles. The van der Waals surface area contributed by atoms with Crippen LogP contribution in [0.15, 0.2) is 51.6 Å².